The molecule has 0 saturated heterocycles. The Kier molecular flexibility index (Phi) is 9.77. The topological polar surface area (TPSA) is 46.6 Å². The first kappa shape index (κ1) is 30.0. The maximum atomic E-state index is 14.0. The molecule has 0 spiro atoms. The van der Waals surface area contributed by atoms with Gasteiger partial charge in [-0.3, -0.25) is 9.69 Å². The predicted octanol–water partition coefficient (Wildman–Crippen LogP) is 9.36. The number of halogens is 1. The summed E-state index contributed by atoms with van der Waals surface area (Å²) in [6.45, 7) is 20.2. The van der Waals surface area contributed by atoms with Crippen molar-refractivity contribution in [2.75, 3.05) is 0 Å². The normalized spacial score (nSPS) is 25.3. The summed E-state index contributed by atoms with van der Waals surface area (Å²) in [5, 5.41) is 1.53. The van der Waals surface area contributed by atoms with Crippen molar-refractivity contribution in [3.63, 3.8) is 0 Å². The second-order valence-corrected chi connectivity index (χ2v) is 19.1. The van der Waals surface area contributed by atoms with Gasteiger partial charge in [0, 0.05) is 17.6 Å². The van der Waals surface area contributed by atoms with Gasteiger partial charge in [-0.2, -0.15) is 0 Å². The molecule has 0 N–H and O–H groups in total. The molecule has 1 amide bonds. The summed E-state index contributed by atoms with van der Waals surface area (Å²) in [6, 6.07) is 7.13. The summed E-state index contributed by atoms with van der Waals surface area (Å²) in [5.74, 6) is 1.53. The fourth-order valence-corrected chi connectivity index (χ4v) is 14.5. The lowest BCUT2D eigenvalue weighted by atomic mass is 9.75. The van der Waals surface area contributed by atoms with E-state index in [-0.39, 0.29) is 24.4 Å². The van der Waals surface area contributed by atoms with E-state index in [1.165, 1.54) is 6.42 Å². The minimum Gasteiger partial charge on any atom is -0.446 e. The third-order valence-corrected chi connectivity index (χ3v) is 16.6. The lowest BCUT2D eigenvalue weighted by Gasteiger charge is -2.47. The van der Waals surface area contributed by atoms with E-state index >= 15 is 0 Å². The molecule has 1 heterocycles. The zero-order valence-electron chi connectivity index (χ0n) is 24.4. The molecular weight excluding hydrogens is 498 g/mol. The van der Waals surface area contributed by atoms with Gasteiger partial charge in [0.1, 0.15) is 14.2 Å². The van der Waals surface area contributed by atoms with Crippen LogP contribution in [0.4, 0.5) is 4.79 Å². The molecule has 1 aromatic carbocycles. The van der Waals surface area contributed by atoms with Crippen LogP contribution in [0.1, 0.15) is 99.6 Å². The van der Waals surface area contributed by atoms with Crippen molar-refractivity contribution in [2.24, 2.45) is 17.8 Å². The standard InChI is InChI=1S/C31H48ClNO3Si/c1-19(2)26-15-10-23(9)16-29(26)36-31(35)33-18-30(37(20(3)4,21(5)6)22(7)8)28(34)17-27(33)24-11-13-25(32)14-12-24/h11-14,18-23,26-27,29H,10,15-17H2,1-9H3/t23-,26+,27-,29-/m1/s1. The van der Waals surface area contributed by atoms with Crippen LogP contribution in [0.3, 0.4) is 0 Å². The quantitative estimate of drug-likeness (QED) is 0.320. The van der Waals surface area contributed by atoms with E-state index in [2.05, 4.69) is 62.3 Å². The van der Waals surface area contributed by atoms with Crippen LogP contribution in [0.15, 0.2) is 35.7 Å². The Morgan fingerprint density at radius 1 is 0.973 bits per heavy atom. The van der Waals surface area contributed by atoms with Gasteiger partial charge < -0.3 is 4.74 Å². The van der Waals surface area contributed by atoms with Gasteiger partial charge in [-0.15, -0.1) is 0 Å². The number of hydrogen-bond acceptors (Lipinski definition) is 3. The number of carbonyl (C=O) groups excluding carboxylic acids is 2. The van der Waals surface area contributed by atoms with E-state index < -0.39 is 14.1 Å². The van der Waals surface area contributed by atoms with Crippen molar-refractivity contribution < 1.29 is 14.3 Å². The molecule has 6 heteroatoms. The zero-order chi connectivity index (χ0) is 27.7. The average Bonchev–Trinajstić information content (AvgIpc) is 2.79. The molecule has 206 valence electrons. The highest BCUT2D eigenvalue weighted by molar-refractivity contribution is 6.93. The molecule has 1 fully saturated rings. The lowest BCUT2D eigenvalue weighted by molar-refractivity contribution is -0.116. The van der Waals surface area contributed by atoms with Crippen LogP contribution in [0.2, 0.25) is 21.6 Å². The maximum Gasteiger partial charge on any atom is 0.414 e. The van der Waals surface area contributed by atoms with Crippen LogP contribution < -0.4 is 0 Å². The van der Waals surface area contributed by atoms with Gasteiger partial charge in [-0.25, -0.2) is 4.79 Å². The van der Waals surface area contributed by atoms with Gasteiger partial charge in [0.05, 0.1) is 6.04 Å². The Bertz CT molecular complexity index is 963. The lowest BCUT2D eigenvalue weighted by Crippen LogP contribution is -2.52. The van der Waals surface area contributed by atoms with Crippen molar-refractivity contribution in [2.45, 2.75) is 117 Å². The summed E-state index contributed by atoms with van der Waals surface area (Å²) in [5.41, 5.74) is 2.03. The highest BCUT2D eigenvalue weighted by Crippen LogP contribution is 2.49. The first-order valence-electron chi connectivity index (χ1n) is 14.3. The molecule has 2 aliphatic rings. The summed E-state index contributed by atoms with van der Waals surface area (Å²) >= 11 is 6.18. The molecule has 3 rings (SSSR count). The fraction of sp³-hybridized carbons (Fsp3) is 0.677. The van der Waals surface area contributed by atoms with Gasteiger partial charge in [0.15, 0.2) is 5.78 Å². The molecule has 1 aromatic rings. The van der Waals surface area contributed by atoms with Gasteiger partial charge >= 0.3 is 6.09 Å². The van der Waals surface area contributed by atoms with Crippen LogP contribution >= 0.6 is 11.6 Å². The second kappa shape index (κ2) is 12.1. The minimum atomic E-state index is -2.27. The largest absolute Gasteiger partial charge is 0.446 e. The Morgan fingerprint density at radius 2 is 1.54 bits per heavy atom. The third-order valence-electron chi connectivity index (χ3n) is 9.29. The second-order valence-electron chi connectivity index (χ2n) is 12.8. The number of carbonyl (C=O) groups is 2. The van der Waals surface area contributed by atoms with Crippen LogP contribution in [-0.2, 0) is 9.53 Å². The fourth-order valence-electron chi connectivity index (χ4n) is 7.56. The monoisotopic (exact) mass is 545 g/mol. The number of Topliss-reactive ketones (excluding diaryl/α,β-unsaturated/α-hetero) is 1. The Labute approximate surface area is 231 Å². The van der Waals surface area contributed by atoms with Crippen LogP contribution in [0.25, 0.3) is 0 Å². The number of ketones is 1. The molecule has 4 atom stereocenters. The van der Waals surface area contributed by atoms with Gasteiger partial charge in [-0.1, -0.05) is 92.5 Å². The molecule has 0 bridgehead atoms. The first-order valence-corrected chi connectivity index (χ1v) is 16.9. The van der Waals surface area contributed by atoms with Crippen LogP contribution in [0.5, 0.6) is 0 Å². The Morgan fingerprint density at radius 3 is 2.05 bits per heavy atom. The molecule has 0 aromatic heterocycles. The number of allylic oxidation sites excluding steroid dienone is 1. The SMILES string of the molecule is CC(C)[C@@H]1CC[C@@H](C)C[C@H]1OC(=O)N1C=C([Si](C(C)C)(C(C)C)C(C)C)C(=O)C[C@@H]1c1ccc(Cl)cc1. The average molecular weight is 546 g/mol. The molecular formula is C31H48ClNO3Si. The predicted molar refractivity (Wildman–Crippen MR) is 156 cm³/mol. The van der Waals surface area contributed by atoms with E-state index in [9.17, 15) is 9.59 Å². The highest BCUT2D eigenvalue weighted by atomic mass is 35.5. The summed E-state index contributed by atoms with van der Waals surface area (Å²) in [4.78, 5) is 29.7. The third kappa shape index (κ3) is 6.03. The van der Waals surface area contributed by atoms with Gasteiger partial charge in [-0.05, 0) is 70.1 Å². The highest BCUT2D eigenvalue weighted by Gasteiger charge is 2.51. The molecule has 37 heavy (non-hydrogen) atoms. The number of amides is 1. The Hall–Kier alpha value is -1.59. The van der Waals surface area contributed by atoms with E-state index in [4.69, 9.17) is 16.3 Å². The minimum absolute atomic E-state index is 0.0982. The Balaban J connectivity index is 2.09. The van der Waals surface area contributed by atoms with Crippen molar-refractivity contribution in [3.05, 3.63) is 46.2 Å². The number of hydrogen-bond donors (Lipinski definition) is 0. The molecule has 0 radical (unpaired) electrons. The van der Waals surface area contributed by atoms with Gasteiger partial charge in [0.2, 0.25) is 0 Å². The van der Waals surface area contributed by atoms with E-state index in [0.29, 0.717) is 39.4 Å². The molecule has 0 unspecified atom stereocenters. The van der Waals surface area contributed by atoms with Crippen molar-refractivity contribution in [1.82, 2.24) is 4.90 Å². The van der Waals surface area contributed by atoms with E-state index in [0.717, 1.165) is 23.6 Å². The van der Waals surface area contributed by atoms with Crippen molar-refractivity contribution in [1.29, 1.82) is 0 Å². The molecule has 4 nitrogen and oxygen atoms in total. The van der Waals surface area contributed by atoms with E-state index in [1.54, 1.807) is 4.90 Å². The zero-order valence-corrected chi connectivity index (χ0v) is 26.1. The van der Waals surface area contributed by atoms with Crippen LogP contribution in [-0.4, -0.2) is 31.0 Å². The summed E-state index contributed by atoms with van der Waals surface area (Å²) in [7, 11) is -2.27. The first-order chi connectivity index (χ1) is 17.3. The van der Waals surface area contributed by atoms with Gasteiger partial charge in [0.25, 0.3) is 0 Å². The molecule has 1 aliphatic heterocycles. The summed E-state index contributed by atoms with van der Waals surface area (Å²) < 4.78 is 6.35. The maximum absolute atomic E-state index is 14.0. The number of ether oxygens (including phenoxy) is 1. The molecule has 1 saturated carbocycles. The smallest absolute Gasteiger partial charge is 0.414 e. The summed E-state index contributed by atoms with van der Waals surface area (Å²) in [6.07, 6.45) is 4.92. The van der Waals surface area contributed by atoms with Crippen molar-refractivity contribution in [3.8, 4) is 0 Å². The number of nitrogens with zero attached hydrogens (tertiary/aromatic N) is 1. The number of benzene rings is 1. The van der Waals surface area contributed by atoms with E-state index in [1.807, 2.05) is 30.5 Å². The van der Waals surface area contributed by atoms with Crippen molar-refractivity contribution >= 4 is 31.6 Å². The van der Waals surface area contributed by atoms with Crippen LogP contribution in [0, 0.1) is 17.8 Å². The number of rotatable bonds is 7. The molecule has 1 aliphatic carbocycles.